The van der Waals surface area contributed by atoms with E-state index in [4.69, 9.17) is 26.2 Å². The van der Waals surface area contributed by atoms with Gasteiger partial charge in [0.25, 0.3) is 11.6 Å². The second-order valence-electron chi connectivity index (χ2n) is 7.35. The third kappa shape index (κ3) is 5.80. The molecule has 0 aromatic rings. The van der Waals surface area contributed by atoms with Crippen LogP contribution in [0.1, 0.15) is 26.2 Å². The molecule has 1 fully saturated rings. The first kappa shape index (κ1) is 27.4. The molecular formula is C19H24ClN3O10S. The van der Waals surface area contributed by atoms with E-state index in [1.807, 2.05) is 0 Å². The average Bonchev–Trinajstić information content (AvgIpc) is 2.78. The van der Waals surface area contributed by atoms with Gasteiger partial charge >= 0.3 is 17.9 Å². The maximum atomic E-state index is 12.9. The molecule has 1 saturated heterocycles. The Labute approximate surface area is 203 Å². The number of carbonyl (C=O) groups excluding carboxylic acids is 4. The number of β-lactam (4-membered cyclic amide) rings is 1. The Morgan fingerprint density at radius 3 is 2.47 bits per heavy atom. The number of rotatable bonds is 12. The summed E-state index contributed by atoms with van der Waals surface area (Å²) in [5.74, 6) is -5.68. The van der Waals surface area contributed by atoms with Crippen LogP contribution in [-0.2, 0) is 38.2 Å². The fourth-order valence-electron chi connectivity index (χ4n) is 3.47. The number of methoxy groups -OCH3 is 1. The molecule has 2 heterocycles. The van der Waals surface area contributed by atoms with Crippen molar-refractivity contribution in [3.8, 4) is 0 Å². The number of alkyl halides is 1. The van der Waals surface area contributed by atoms with E-state index in [0.29, 0.717) is 0 Å². The number of hydrogen-bond acceptors (Lipinski definition) is 9. The summed E-state index contributed by atoms with van der Waals surface area (Å²) in [5.41, 5.74) is -1.92. The Morgan fingerprint density at radius 2 is 1.94 bits per heavy atom. The Bertz CT molecular complexity index is 926. The summed E-state index contributed by atoms with van der Waals surface area (Å²) < 4.78 is 10.2. The van der Waals surface area contributed by atoms with E-state index < -0.39 is 58.7 Å². The van der Waals surface area contributed by atoms with Crippen LogP contribution in [0.3, 0.4) is 0 Å². The third-order valence-corrected chi connectivity index (χ3v) is 6.68. The zero-order valence-electron chi connectivity index (χ0n) is 18.3. The molecule has 1 unspecified atom stereocenters. The van der Waals surface area contributed by atoms with Crippen LogP contribution in [0.25, 0.3) is 0 Å². The number of fused-ring (bicyclic) bond motifs is 1. The van der Waals surface area contributed by atoms with Crippen LogP contribution in [0.2, 0.25) is 0 Å². The molecule has 0 bridgehead atoms. The maximum Gasteiger partial charge on any atom is 0.352 e. The minimum absolute atomic E-state index is 0.0605. The molecule has 13 nitrogen and oxygen atoms in total. The topological polar surface area (TPSA) is 189 Å². The minimum Gasteiger partial charge on any atom is -0.480 e. The number of halogens is 1. The van der Waals surface area contributed by atoms with Crippen molar-refractivity contribution in [2.75, 3.05) is 25.3 Å². The van der Waals surface area contributed by atoms with Crippen LogP contribution in [0.15, 0.2) is 11.3 Å². The molecule has 0 aliphatic carbocycles. The lowest BCUT2D eigenvalue weighted by Crippen LogP contribution is -2.80. The zero-order valence-corrected chi connectivity index (χ0v) is 19.9. The summed E-state index contributed by atoms with van der Waals surface area (Å²) in [5, 5.41) is 22.6. The molecule has 0 spiro atoms. The van der Waals surface area contributed by atoms with Gasteiger partial charge in [-0.1, -0.05) is 0 Å². The first-order chi connectivity index (χ1) is 16.0. The molecule has 2 rings (SSSR count). The lowest BCUT2D eigenvalue weighted by molar-refractivity contribution is -0.192. The van der Waals surface area contributed by atoms with Gasteiger partial charge in [-0.15, -0.1) is 23.4 Å². The molecule has 188 valence electrons. The summed E-state index contributed by atoms with van der Waals surface area (Å²) in [7, 11) is 1.19. The van der Waals surface area contributed by atoms with Crippen molar-refractivity contribution >= 4 is 59.0 Å². The summed E-state index contributed by atoms with van der Waals surface area (Å²) >= 11 is 6.48. The molecule has 15 heteroatoms. The van der Waals surface area contributed by atoms with Crippen molar-refractivity contribution in [1.82, 2.24) is 15.5 Å². The molecule has 2 aliphatic rings. The Balaban J connectivity index is 2.06. The molecule has 3 atom stereocenters. The number of nitrogens with one attached hydrogen (secondary N) is 2. The molecule has 2 aliphatic heterocycles. The van der Waals surface area contributed by atoms with Crippen LogP contribution < -0.4 is 10.6 Å². The quantitative estimate of drug-likeness (QED) is 0.109. The van der Waals surface area contributed by atoms with Gasteiger partial charge in [0.1, 0.15) is 29.6 Å². The lowest BCUT2D eigenvalue weighted by Gasteiger charge is -2.55. The minimum atomic E-state index is -1.81. The van der Waals surface area contributed by atoms with E-state index in [1.165, 1.54) is 14.0 Å². The van der Waals surface area contributed by atoms with Gasteiger partial charge in [0.15, 0.2) is 0 Å². The van der Waals surface area contributed by atoms with Gasteiger partial charge in [-0.2, -0.15) is 0 Å². The standard InChI is InChI=1S/C19H24ClN3O10S/c1-9(24)33-7-10-8-34-18-19(32-2,17(31)23(18)14(10)16(29)30)22-12(25)5-3-4-11(15(27)28)21-13(26)6-20/h11,18H,3-8H2,1-2H3,(H,21,26)(H,22,25)(H,27,28)(H,29,30)/t11?,18-,19-/m1/s1. The smallest absolute Gasteiger partial charge is 0.352 e. The number of ether oxygens (including phenoxy) is 2. The van der Waals surface area contributed by atoms with Gasteiger partial charge in [0.2, 0.25) is 11.8 Å². The number of aliphatic carboxylic acids is 2. The van der Waals surface area contributed by atoms with Crippen LogP contribution in [0.4, 0.5) is 0 Å². The number of carboxylic acid groups (broad SMARTS) is 2. The highest BCUT2D eigenvalue weighted by Crippen LogP contribution is 2.46. The van der Waals surface area contributed by atoms with Crippen LogP contribution in [0.5, 0.6) is 0 Å². The van der Waals surface area contributed by atoms with Crippen molar-refractivity contribution in [3.05, 3.63) is 11.3 Å². The first-order valence-corrected chi connectivity index (χ1v) is 11.5. The molecule has 0 aromatic carbocycles. The third-order valence-electron chi connectivity index (χ3n) is 5.06. The van der Waals surface area contributed by atoms with E-state index >= 15 is 0 Å². The van der Waals surface area contributed by atoms with Crippen LogP contribution >= 0.6 is 23.4 Å². The summed E-state index contributed by atoms with van der Waals surface area (Å²) in [4.78, 5) is 71.9. The summed E-state index contributed by atoms with van der Waals surface area (Å²) in [6, 6.07) is -1.23. The maximum absolute atomic E-state index is 12.9. The fraction of sp³-hybridized carbons (Fsp3) is 0.579. The Hall–Kier alpha value is -2.84. The largest absolute Gasteiger partial charge is 0.480 e. The van der Waals surface area contributed by atoms with Crippen molar-refractivity contribution in [1.29, 1.82) is 0 Å². The lowest BCUT2D eigenvalue weighted by atomic mass is 9.97. The number of thioether (sulfide) groups is 1. The van der Waals surface area contributed by atoms with Gasteiger partial charge in [0, 0.05) is 31.8 Å². The first-order valence-electron chi connectivity index (χ1n) is 9.96. The highest BCUT2D eigenvalue weighted by molar-refractivity contribution is 8.00. The van der Waals surface area contributed by atoms with Crippen molar-refractivity contribution in [2.24, 2.45) is 0 Å². The van der Waals surface area contributed by atoms with E-state index in [0.717, 1.165) is 16.7 Å². The number of nitrogens with zero attached hydrogens (tertiary/aromatic N) is 1. The number of carbonyl (C=O) groups is 6. The Kier molecular flexibility index (Phi) is 9.29. The zero-order chi connectivity index (χ0) is 25.6. The molecule has 34 heavy (non-hydrogen) atoms. The second kappa shape index (κ2) is 11.5. The highest BCUT2D eigenvalue weighted by Gasteiger charge is 2.66. The number of hydrogen-bond donors (Lipinski definition) is 4. The fourth-order valence-corrected chi connectivity index (χ4v) is 4.97. The predicted molar refractivity (Wildman–Crippen MR) is 116 cm³/mol. The molecule has 0 radical (unpaired) electrons. The second-order valence-corrected chi connectivity index (χ2v) is 8.68. The van der Waals surface area contributed by atoms with Gasteiger partial charge in [-0.3, -0.25) is 24.1 Å². The normalized spacial score (nSPS) is 22.3. The highest BCUT2D eigenvalue weighted by atomic mass is 35.5. The molecule has 0 aromatic heterocycles. The van der Waals surface area contributed by atoms with Gasteiger partial charge in [-0.25, -0.2) is 9.59 Å². The molecule has 3 amide bonds. The van der Waals surface area contributed by atoms with E-state index in [1.54, 1.807) is 0 Å². The Morgan fingerprint density at radius 1 is 1.26 bits per heavy atom. The molecule has 4 N–H and O–H groups in total. The van der Waals surface area contributed by atoms with Crippen molar-refractivity contribution < 1.29 is 48.5 Å². The summed E-state index contributed by atoms with van der Waals surface area (Å²) in [6.07, 6.45) is -0.182. The monoisotopic (exact) mass is 521 g/mol. The molecule has 0 saturated carbocycles. The van der Waals surface area contributed by atoms with E-state index in [2.05, 4.69) is 10.6 Å². The molecular weight excluding hydrogens is 498 g/mol. The summed E-state index contributed by atoms with van der Waals surface area (Å²) in [6.45, 7) is 0.877. The van der Waals surface area contributed by atoms with Gasteiger partial charge in [-0.05, 0) is 12.8 Å². The van der Waals surface area contributed by atoms with E-state index in [-0.39, 0.29) is 42.9 Å². The van der Waals surface area contributed by atoms with Crippen molar-refractivity contribution in [2.45, 2.75) is 43.3 Å². The average molecular weight is 522 g/mol. The van der Waals surface area contributed by atoms with Crippen LogP contribution in [0, 0.1) is 0 Å². The number of carboxylic acids is 2. The number of amides is 3. The predicted octanol–water partition coefficient (Wildman–Crippen LogP) is -0.759. The van der Waals surface area contributed by atoms with Gasteiger partial charge < -0.3 is 30.3 Å². The van der Waals surface area contributed by atoms with E-state index in [9.17, 15) is 33.9 Å². The number of esters is 1. The van der Waals surface area contributed by atoms with Crippen LogP contribution in [-0.4, -0.2) is 93.2 Å². The van der Waals surface area contributed by atoms with Crippen molar-refractivity contribution in [3.63, 3.8) is 0 Å². The SMILES string of the molecule is CO[C@]1(NC(=O)CCCC(NC(=O)CCl)C(=O)O)C(=O)N2C(C(=O)O)=C(COC(C)=O)CS[C@@H]21. The van der Waals surface area contributed by atoms with Gasteiger partial charge in [0.05, 0.1) is 0 Å².